The van der Waals surface area contributed by atoms with Gasteiger partial charge in [0, 0.05) is 25.7 Å². The molecule has 3 rings (SSSR count). The number of nitrogens with zero attached hydrogens (tertiary/aromatic N) is 3. The fourth-order valence-electron chi connectivity index (χ4n) is 2.64. The van der Waals surface area contributed by atoms with Gasteiger partial charge in [0.05, 0.1) is 25.2 Å². The Morgan fingerprint density at radius 1 is 1.14 bits per heavy atom. The fraction of sp³-hybridized carbons (Fsp3) is 0.263. The molecule has 0 fully saturated rings. The van der Waals surface area contributed by atoms with E-state index in [1.165, 1.54) is 47.0 Å². The number of carbonyl (C=O) groups excluding carboxylic acids is 1. The second-order valence-electron chi connectivity index (χ2n) is 6.71. The van der Waals surface area contributed by atoms with Crippen LogP contribution in [0.4, 0.5) is 0 Å². The summed E-state index contributed by atoms with van der Waals surface area (Å²) in [5.41, 5.74) is 0.992. The summed E-state index contributed by atoms with van der Waals surface area (Å²) in [6.07, 6.45) is 0. The Morgan fingerprint density at radius 2 is 1.76 bits per heavy atom. The fourth-order valence-corrected chi connectivity index (χ4v) is 5.54. The number of benzene rings is 2. The number of aromatic nitrogens is 1. The lowest BCUT2D eigenvalue weighted by Gasteiger charge is -2.20. The van der Waals surface area contributed by atoms with E-state index in [1.54, 1.807) is 31.5 Å². The zero-order valence-corrected chi connectivity index (χ0v) is 19.3. The van der Waals surface area contributed by atoms with E-state index in [0.29, 0.717) is 20.4 Å². The van der Waals surface area contributed by atoms with Crippen LogP contribution < -0.4 is 4.80 Å². The van der Waals surface area contributed by atoms with Crippen molar-refractivity contribution in [2.75, 3.05) is 7.05 Å². The molecule has 0 saturated carbocycles. The average molecular weight is 472 g/mol. The molecule has 0 saturated heterocycles. The van der Waals surface area contributed by atoms with Gasteiger partial charge in [0.15, 0.2) is 4.80 Å². The summed E-state index contributed by atoms with van der Waals surface area (Å²) in [5.74, 6) is -0.476. The van der Waals surface area contributed by atoms with Gasteiger partial charge in [-0.25, -0.2) is 8.42 Å². The van der Waals surface area contributed by atoms with Crippen LogP contribution in [-0.2, 0) is 17.1 Å². The largest absolute Gasteiger partial charge is 0.318 e. The van der Waals surface area contributed by atoms with Gasteiger partial charge in [0.1, 0.15) is 0 Å². The molecule has 1 heterocycles. The first kappa shape index (κ1) is 22.0. The van der Waals surface area contributed by atoms with Gasteiger partial charge in [0.2, 0.25) is 10.0 Å². The van der Waals surface area contributed by atoms with Crippen molar-refractivity contribution in [2.24, 2.45) is 12.0 Å². The SMILES string of the molecule is CC(C)N(C)S(=O)(=O)c1ccc(C(=O)N=c2sc3ccc(Cl)c(Cl)c3n2C)cc1. The molecule has 0 aliphatic carbocycles. The zero-order chi connectivity index (χ0) is 21.5. The van der Waals surface area contributed by atoms with Crippen LogP contribution in [-0.4, -0.2) is 36.3 Å². The molecule has 6 nitrogen and oxygen atoms in total. The highest BCUT2D eigenvalue weighted by atomic mass is 35.5. The topological polar surface area (TPSA) is 71.7 Å². The molecule has 1 aromatic heterocycles. The lowest BCUT2D eigenvalue weighted by Crippen LogP contribution is -2.33. The van der Waals surface area contributed by atoms with Crippen molar-refractivity contribution in [3.05, 3.63) is 56.8 Å². The average Bonchev–Trinajstić information content (AvgIpc) is 3.00. The molecule has 3 aromatic rings. The highest BCUT2D eigenvalue weighted by Gasteiger charge is 2.23. The summed E-state index contributed by atoms with van der Waals surface area (Å²) in [6, 6.07) is 9.10. The molecule has 0 radical (unpaired) electrons. The number of aryl methyl sites for hydroxylation is 1. The Balaban J connectivity index is 1.97. The number of fused-ring (bicyclic) bond motifs is 1. The molecule has 1 amide bonds. The van der Waals surface area contributed by atoms with Crippen molar-refractivity contribution in [1.29, 1.82) is 0 Å². The molecule has 0 spiro atoms. The summed E-state index contributed by atoms with van der Waals surface area (Å²) < 4.78 is 28.9. The van der Waals surface area contributed by atoms with Gasteiger partial charge in [-0.15, -0.1) is 0 Å². The van der Waals surface area contributed by atoms with Crippen molar-refractivity contribution in [3.8, 4) is 0 Å². The van der Waals surface area contributed by atoms with Crippen molar-refractivity contribution in [3.63, 3.8) is 0 Å². The molecule has 0 atom stereocenters. The number of rotatable bonds is 4. The van der Waals surface area contributed by atoms with E-state index in [9.17, 15) is 13.2 Å². The van der Waals surface area contributed by atoms with E-state index in [1.807, 2.05) is 6.07 Å². The standard InChI is InChI=1S/C19H19Cl2N3O3S2/c1-11(2)24(4)29(26,27)13-7-5-12(6-8-13)18(25)22-19-23(3)17-15(28-19)10-9-14(20)16(17)21/h5-11H,1-4H3. The minimum absolute atomic E-state index is 0.124. The molecular formula is C19H19Cl2N3O3S2. The summed E-state index contributed by atoms with van der Waals surface area (Å²) in [4.78, 5) is 17.4. The molecule has 0 aliphatic heterocycles. The lowest BCUT2D eigenvalue weighted by molar-refractivity contribution is 0.0998. The Kier molecular flexibility index (Phi) is 6.21. The predicted molar refractivity (Wildman–Crippen MR) is 117 cm³/mol. The molecule has 10 heteroatoms. The predicted octanol–water partition coefficient (Wildman–Crippen LogP) is 4.32. The third-order valence-electron chi connectivity index (χ3n) is 4.56. The summed E-state index contributed by atoms with van der Waals surface area (Å²) in [6.45, 7) is 3.58. The number of hydrogen-bond donors (Lipinski definition) is 0. The van der Waals surface area contributed by atoms with Crippen LogP contribution in [0.15, 0.2) is 46.3 Å². The number of sulfonamides is 1. The van der Waals surface area contributed by atoms with Crippen LogP contribution in [0.25, 0.3) is 10.2 Å². The van der Waals surface area contributed by atoms with Gasteiger partial charge in [-0.1, -0.05) is 34.5 Å². The number of amides is 1. The number of halogens is 2. The van der Waals surface area contributed by atoms with Crippen LogP contribution in [0.3, 0.4) is 0 Å². The van der Waals surface area contributed by atoms with Crippen LogP contribution >= 0.6 is 34.5 Å². The lowest BCUT2D eigenvalue weighted by atomic mass is 10.2. The first-order chi connectivity index (χ1) is 13.5. The van der Waals surface area contributed by atoms with Gasteiger partial charge in [-0.05, 0) is 50.2 Å². The molecule has 0 bridgehead atoms. The highest BCUT2D eigenvalue weighted by Crippen LogP contribution is 2.31. The quantitative estimate of drug-likeness (QED) is 0.568. The normalized spacial score (nSPS) is 13.0. The van der Waals surface area contributed by atoms with Gasteiger partial charge in [-0.2, -0.15) is 9.30 Å². The Morgan fingerprint density at radius 3 is 2.34 bits per heavy atom. The van der Waals surface area contributed by atoms with E-state index in [2.05, 4.69) is 4.99 Å². The molecular weight excluding hydrogens is 453 g/mol. The van der Waals surface area contributed by atoms with Gasteiger partial charge >= 0.3 is 0 Å². The van der Waals surface area contributed by atoms with E-state index in [-0.39, 0.29) is 16.5 Å². The van der Waals surface area contributed by atoms with Crippen LogP contribution in [0.5, 0.6) is 0 Å². The maximum atomic E-state index is 12.6. The smallest absolute Gasteiger partial charge is 0.279 e. The third kappa shape index (κ3) is 4.13. The minimum atomic E-state index is -3.61. The second kappa shape index (κ2) is 8.20. The van der Waals surface area contributed by atoms with Crippen molar-refractivity contribution in [2.45, 2.75) is 24.8 Å². The Labute approximate surface area is 183 Å². The van der Waals surface area contributed by atoms with Crippen LogP contribution in [0.1, 0.15) is 24.2 Å². The van der Waals surface area contributed by atoms with Crippen LogP contribution in [0.2, 0.25) is 10.0 Å². The van der Waals surface area contributed by atoms with E-state index < -0.39 is 15.9 Å². The van der Waals surface area contributed by atoms with E-state index >= 15 is 0 Å². The molecule has 0 unspecified atom stereocenters. The van der Waals surface area contributed by atoms with E-state index in [0.717, 1.165) is 4.70 Å². The second-order valence-corrected chi connectivity index (χ2v) is 10.5. The minimum Gasteiger partial charge on any atom is -0.318 e. The Hall–Kier alpha value is -1.71. The monoisotopic (exact) mass is 471 g/mol. The van der Waals surface area contributed by atoms with E-state index in [4.69, 9.17) is 23.2 Å². The maximum absolute atomic E-state index is 12.6. The first-order valence-corrected chi connectivity index (χ1v) is 11.7. The molecule has 2 aromatic carbocycles. The molecule has 154 valence electrons. The van der Waals surface area contributed by atoms with Crippen LogP contribution in [0, 0.1) is 0 Å². The first-order valence-electron chi connectivity index (χ1n) is 8.64. The zero-order valence-electron chi connectivity index (χ0n) is 16.2. The highest BCUT2D eigenvalue weighted by molar-refractivity contribution is 7.89. The number of hydrogen-bond acceptors (Lipinski definition) is 4. The number of carbonyl (C=O) groups is 1. The van der Waals surface area contributed by atoms with Crippen molar-refractivity contribution < 1.29 is 13.2 Å². The molecule has 0 aliphatic rings. The summed E-state index contributed by atoms with van der Waals surface area (Å²) in [7, 11) is -0.335. The van der Waals surface area contributed by atoms with Gasteiger partial charge < -0.3 is 4.57 Å². The summed E-state index contributed by atoms with van der Waals surface area (Å²) >= 11 is 13.7. The Bertz CT molecular complexity index is 1260. The number of thiazole rings is 1. The van der Waals surface area contributed by atoms with Gasteiger partial charge in [-0.3, -0.25) is 4.79 Å². The molecule has 0 N–H and O–H groups in total. The van der Waals surface area contributed by atoms with Crippen molar-refractivity contribution in [1.82, 2.24) is 8.87 Å². The van der Waals surface area contributed by atoms with Crippen molar-refractivity contribution >= 4 is 60.7 Å². The molecule has 29 heavy (non-hydrogen) atoms. The van der Waals surface area contributed by atoms with Gasteiger partial charge in [0.25, 0.3) is 5.91 Å². The third-order valence-corrected chi connectivity index (χ3v) is 8.50. The maximum Gasteiger partial charge on any atom is 0.279 e. The summed E-state index contributed by atoms with van der Waals surface area (Å²) in [5, 5.41) is 0.828.